The maximum atomic E-state index is 12.4. The Balaban J connectivity index is 1.71. The summed E-state index contributed by atoms with van der Waals surface area (Å²) in [5.41, 5.74) is -0.00651. The first-order chi connectivity index (χ1) is 14.4. The molecule has 0 saturated carbocycles. The maximum Gasteiger partial charge on any atom is 0.276 e. The molecule has 156 valence electrons. The summed E-state index contributed by atoms with van der Waals surface area (Å²) in [6.07, 6.45) is 1.55. The number of carbonyl (C=O) groups excluding carboxylic acids is 1. The number of nitrogens with zero attached hydrogens (tertiary/aromatic N) is 3. The zero-order valence-electron chi connectivity index (χ0n) is 16.0. The van der Waals surface area contributed by atoms with Gasteiger partial charge in [0.15, 0.2) is 23.9 Å². The number of benzene rings is 2. The third-order valence-electron chi connectivity index (χ3n) is 4.01. The molecule has 0 spiro atoms. The number of rotatable bonds is 8. The van der Waals surface area contributed by atoms with Crippen LogP contribution >= 0.6 is 11.6 Å². The average Bonchev–Trinajstić information content (AvgIpc) is 3.22. The summed E-state index contributed by atoms with van der Waals surface area (Å²) in [7, 11) is 3.02. The van der Waals surface area contributed by atoms with Gasteiger partial charge in [0.2, 0.25) is 5.75 Å². The number of carbonyl (C=O) groups is 1. The number of hydrogen-bond acceptors (Lipinski definition) is 7. The predicted octanol–water partition coefficient (Wildman–Crippen LogP) is 3.75. The molecular weight excluding hydrogens is 416 g/mol. The maximum absolute atomic E-state index is 12.4. The molecule has 1 heterocycles. The standard InChI is InChI=1S/C19H17ClN4O6/c1-28-16-4-3-5-17(29-2)18(16)30-11-23-9-8-14(22-23)19(25)21-15-10-12(24(26)27)6-7-13(15)20/h3-10H,11H2,1-2H3,(H,21,25). The molecule has 0 bridgehead atoms. The van der Waals surface area contributed by atoms with Crippen molar-refractivity contribution in [3.8, 4) is 17.2 Å². The quantitative estimate of drug-likeness (QED) is 0.425. The highest BCUT2D eigenvalue weighted by molar-refractivity contribution is 6.34. The summed E-state index contributed by atoms with van der Waals surface area (Å²) in [6, 6.07) is 10.4. The molecule has 3 rings (SSSR count). The van der Waals surface area contributed by atoms with E-state index in [0.29, 0.717) is 17.2 Å². The Kier molecular flexibility index (Phi) is 6.38. The van der Waals surface area contributed by atoms with Crippen LogP contribution in [0.1, 0.15) is 10.5 Å². The summed E-state index contributed by atoms with van der Waals surface area (Å²) in [5, 5.41) is 17.7. The highest BCUT2D eigenvalue weighted by atomic mass is 35.5. The SMILES string of the molecule is COc1cccc(OC)c1OCn1ccc(C(=O)Nc2cc([N+](=O)[O-])ccc2Cl)n1. The van der Waals surface area contributed by atoms with E-state index < -0.39 is 10.8 Å². The van der Waals surface area contributed by atoms with Crippen LogP contribution in [0.3, 0.4) is 0 Å². The van der Waals surface area contributed by atoms with Crippen molar-refractivity contribution in [2.24, 2.45) is 0 Å². The number of para-hydroxylation sites is 1. The Bertz CT molecular complexity index is 1060. The lowest BCUT2D eigenvalue weighted by Crippen LogP contribution is -2.15. The van der Waals surface area contributed by atoms with E-state index in [4.69, 9.17) is 25.8 Å². The van der Waals surface area contributed by atoms with Crippen LogP contribution in [0.4, 0.5) is 11.4 Å². The molecule has 0 unspecified atom stereocenters. The summed E-state index contributed by atoms with van der Waals surface area (Å²) in [5.74, 6) is 0.790. The van der Waals surface area contributed by atoms with Gasteiger partial charge >= 0.3 is 0 Å². The van der Waals surface area contributed by atoms with E-state index in [1.807, 2.05) is 0 Å². The fourth-order valence-corrected chi connectivity index (χ4v) is 2.72. The van der Waals surface area contributed by atoms with Gasteiger partial charge in [-0.25, -0.2) is 4.68 Å². The molecule has 2 aromatic carbocycles. The smallest absolute Gasteiger partial charge is 0.276 e. The Morgan fingerprint density at radius 3 is 2.53 bits per heavy atom. The van der Waals surface area contributed by atoms with Crippen molar-refractivity contribution in [3.05, 3.63) is 69.5 Å². The molecule has 11 heteroatoms. The summed E-state index contributed by atoms with van der Waals surface area (Å²) in [4.78, 5) is 22.8. The second-order valence-electron chi connectivity index (χ2n) is 5.88. The third kappa shape index (κ3) is 4.61. The molecule has 0 aliphatic heterocycles. The summed E-state index contributed by atoms with van der Waals surface area (Å²) < 4.78 is 17.7. The summed E-state index contributed by atoms with van der Waals surface area (Å²) in [6.45, 7) is -0.0123. The fraction of sp³-hybridized carbons (Fsp3) is 0.158. The van der Waals surface area contributed by atoms with Crippen molar-refractivity contribution in [1.29, 1.82) is 0 Å². The highest BCUT2D eigenvalue weighted by Crippen LogP contribution is 2.36. The Morgan fingerprint density at radius 2 is 1.90 bits per heavy atom. The first kappa shape index (κ1) is 20.9. The van der Waals surface area contributed by atoms with Gasteiger partial charge in [-0.1, -0.05) is 17.7 Å². The molecule has 0 aliphatic rings. The lowest BCUT2D eigenvalue weighted by molar-refractivity contribution is -0.384. The van der Waals surface area contributed by atoms with Crippen molar-refractivity contribution in [2.45, 2.75) is 6.73 Å². The minimum absolute atomic E-state index is 0.0123. The van der Waals surface area contributed by atoms with Crippen LogP contribution in [0.5, 0.6) is 17.2 Å². The van der Waals surface area contributed by atoms with Crippen molar-refractivity contribution in [2.75, 3.05) is 19.5 Å². The molecule has 0 radical (unpaired) electrons. The van der Waals surface area contributed by atoms with Crippen LogP contribution in [-0.4, -0.2) is 34.8 Å². The minimum atomic E-state index is -0.579. The number of amides is 1. The van der Waals surface area contributed by atoms with E-state index in [-0.39, 0.29) is 28.8 Å². The number of nitro groups is 1. The van der Waals surface area contributed by atoms with Gasteiger partial charge < -0.3 is 19.5 Å². The molecule has 1 amide bonds. The normalized spacial score (nSPS) is 10.4. The van der Waals surface area contributed by atoms with Crippen LogP contribution in [0.15, 0.2) is 48.7 Å². The molecule has 1 N–H and O–H groups in total. The van der Waals surface area contributed by atoms with Crippen molar-refractivity contribution >= 4 is 28.9 Å². The predicted molar refractivity (Wildman–Crippen MR) is 108 cm³/mol. The molecule has 0 fully saturated rings. The van der Waals surface area contributed by atoms with Gasteiger partial charge in [0.25, 0.3) is 11.6 Å². The van der Waals surface area contributed by atoms with Gasteiger partial charge in [-0.2, -0.15) is 5.10 Å². The van der Waals surface area contributed by atoms with Crippen LogP contribution in [0.2, 0.25) is 5.02 Å². The van der Waals surface area contributed by atoms with Crippen LogP contribution < -0.4 is 19.5 Å². The number of aromatic nitrogens is 2. The molecule has 10 nitrogen and oxygen atoms in total. The number of nitro benzene ring substituents is 1. The Hall–Kier alpha value is -3.79. The lowest BCUT2D eigenvalue weighted by Gasteiger charge is -2.13. The lowest BCUT2D eigenvalue weighted by atomic mass is 10.2. The monoisotopic (exact) mass is 432 g/mol. The number of ether oxygens (including phenoxy) is 3. The highest BCUT2D eigenvalue weighted by Gasteiger charge is 2.16. The first-order valence-electron chi connectivity index (χ1n) is 8.55. The Morgan fingerprint density at radius 1 is 1.20 bits per heavy atom. The van der Waals surface area contributed by atoms with Crippen molar-refractivity contribution < 1.29 is 23.9 Å². The molecule has 3 aromatic rings. The van der Waals surface area contributed by atoms with Crippen LogP contribution in [0.25, 0.3) is 0 Å². The van der Waals surface area contributed by atoms with Gasteiger partial charge in [-0.3, -0.25) is 14.9 Å². The molecule has 0 atom stereocenters. The number of nitrogens with one attached hydrogen (secondary N) is 1. The molecule has 30 heavy (non-hydrogen) atoms. The molecule has 0 saturated heterocycles. The van der Waals surface area contributed by atoms with E-state index in [2.05, 4.69) is 10.4 Å². The van der Waals surface area contributed by atoms with Crippen molar-refractivity contribution in [3.63, 3.8) is 0 Å². The first-order valence-corrected chi connectivity index (χ1v) is 8.93. The Labute approximate surface area is 176 Å². The van der Waals surface area contributed by atoms with Gasteiger partial charge in [0.05, 0.1) is 29.9 Å². The van der Waals surface area contributed by atoms with Crippen molar-refractivity contribution in [1.82, 2.24) is 9.78 Å². The third-order valence-corrected chi connectivity index (χ3v) is 4.34. The summed E-state index contributed by atoms with van der Waals surface area (Å²) >= 11 is 6.01. The fourth-order valence-electron chi connectivity index (χ4n) is 2.55. The number of anilines is 1. The average molecular weight is 433 g/mol. The van der Waals surface area contributed by atoms with Crippen LogP contribution in [0, 0.1) is 10.1 Å². The second kappa shape index (κ2) is 9.14. The molecular formula is C19H17ClN4O6. The number of halogens is 1. The van der Waals surface area contributed by atoms with E-state index in [1.54, 1.807) is 24.4 Å². The van der Waals surface area contributed by atoms with E-state index in [1.165, 1.54) is 43.2 Å². The van der Waals surface area contributed by atoms with E-state index >= 15 is 0 Å². The largest absolute Gasteiger partial charge is 0.493 e. The molecule has 0 aliphatic carbocycles. The zero-order valence-corrected chi connectivity index (χ0v) is 16.8. The second-order valence-corrected chi connectivity index (χ2v) is 6.29. The number of hydrogen-bond donors (Lipinski definition) is 1. The molecule has 1 aromatic heterocycles. The van der Waals surface area contributed by atoms with Gasteiger partial charge in [-0.15, -0.1) is 0 Å². The number of non-ortho nitro benzene ring substituents is 1. The topological polar surface area (TPSA) is 118 Å². The minimum Gasteiger partial charge on any atom is -0.493 e. The van der Waals surface area contributed by atoms with E-state index in [9.17, 15) is 14.9 Å². The van der Waals surface area contributed by atoms with Gasteiger partial charge in [0.1, 0.15) is 0 Å². The van der Waals surface area contributed by atoms with Crippen LogP contribution in [-0.2, 0) is 6.73 Å². The number of methoxy groups -OCH3 is 2. The zero-order chi connectivity index (χ0) is 21.7. The van der Waals surface area contributed by atoms with Gasteiger partial charge in [0, 0.05) is 18.3 Å². The van der Waals surface area contributed by atoms with E-state index in [0.717, 1.165) is 0 Å². The van der Waals surface area contributed by atoms with Gasteiger partial charge in [-0.05, 0) is 24.3 Å².